The quantitative estimate of drug-likeness (QED) is 0.775. The van der Waals surface area contributed by atoms with E-state index in [2.05, 4.69) is 16.7 Å². The Morgan fingerprint density at radius 2 is 1.58 bits per heavy atom. The second kappa shape index (κ2) is 8.35. The molecular formula is C20H21FN2O2S. The summed E-state index contributed by atoms with van der Waals surface area (Å²) in [5, 5.41) is 0. The van der Waals surface area contributed by atoms with E-state index in [1.54, 1.807) is 12.1 Å². The first kappa shape index (κ1) is 18.4. The van der Waals surface area contributed by atoms with Gasteiger partial charge in [0.05, 0.1) is 5.75 Å². The molecule has 136 valence electrons. The fraction of sp³-hybridized carbons (Fsp3) is 0.300. The number of rotatable bonds is 4. The zero-order valence-corrected chi connectivity index (χ0v) is 15.3. The molecule has 0 amide bonds. The maximum Gasteiger partial charge on any atom is 0.215 e. The van der Waals surface area contributed by atoms with E-state index in [1.807, 2.05) is 30.3 Å². The molecule has 0 N–H and O–H groups in total. The highest BCUT2D eigenvalue weighted by atomic mass is 32.2. The summed E-state index contributed by atoms with van der Waals surface area (Å²) >= 11 is 0. The van der Waals surface area contributed by atoms with Gasteiger partial charge in [-0.15, -0.1) is 0 Å². The number of sulfonamides is 1. The van der Waals surface area contributed by atoms with Crippen molar-refractivity contribution in [2.45, 2.75) is 6.42 Å². The van der Waals surface area contributed by atoms with Crippen LogP contribution < -0.4 is 4.90 Å². The Balaban J connectivity index is 1.51. The summed E-state index contributed by atoms with van der Waals surface area (Å²) in [6.45, 7) is 2.07. The zero-order chi connectivity index (χ0) is 18.4. The minimum atomic E-state index is -3.31. The lowest BCUT2D eigenvalue weighted by atomic mass is 10.2. The van der Waals surface area contributed by atoms with Crippen molar-refractivity contribution in [3.63, 3.8) is 0 Å². The molecule has 0 unspecified atom stereocenters. The fourth-order valence-corrected chi connectivity index (χ4v) is 4.21. The third kappa shape index (κ3) is 4.84. The maximum absolute atomic E-state index is 13.0. The van der Waals surface area contributed by atoms with Crippen molar-refractivity contribution in [2.75, 3.05) is 36.8 Å². The van der Waals surface area contributed by atoms with Gasteiger partial charge in [-0.2, -0.15) is 4.31 Å². The lowest BCUT2D eigenvalue weighted by molar-refractivity contribution is 0.385. The highest BCUT2D eigenvalue weighted by Crippen LogP contribution is 2.18. The van der Waals surface area contributed by atoms with E-state index in [1.165, 1.54) is 16.4 Å². The molecule has 0 spiro atoms. The van der Waals surface area contributed by atoms with Crippen LogP contribution in [0.15, 0.2) is 54.6 Å². The van der Waals surface area contributed by atoms with Crippen molar-refractivity contribution in [1.82, 2.24) is 4.31 Å². The molecular weight excluding hydrogens is 351 g/mol. The second-order valence-corrected chi connectivity index (χ2v) is 8.18. The van der Waals surface area contributed by atoms with Crippen molar-refractivity contribution in [3.8, 4) is 11.8 Å². The molecule has 0 bridgehead atoms. The van der Waals surface area contributed by atoms with Crippen molar-refractivity contribution in [2.24, 2.45) is 0 Å². The lowest BCUT2D eigenvalue weighted by Crippen LogP contribution is -2.49. The number of anilines is 1. The molecule has 0 aliphatic carbocycles. The number of piperazine rings is 1. The first-order valence-electron chi connectivity index (χ1n) is 8.57. The Bertz CT molecular complexity index is 879. The number of hydrogen-bond acceptors (Lipinski definition) is 3. The van der Waals surface area contributed by atoms with E-state index in [-0.39, 0.29) is 11.6 Å². The summed E-state index contributed by atoms with van der Waals surface area (Å²) in [5.74, 6) is 5.68. The summed E-state index contributed by atoms with van der Waals surface area (Å²) in [5.41, 5.74) is 1.80. The molecule has 0 saturated carbocycles. The standard InChI is InChI=1S/C20H21FN2O2S/c21-19-9-11-20(12-10-19)22-13-15-23(16-14-22)26(24,25)17-5-4-8-18-6-2-1-3-7-18/h1-3,6-7,9-12H,5,13-17H2. The average molecular weight is 372 g/mol. The molecule has 26 heavy (non-hydrogen) atoms. The van der Waals surface area contributed by atoms with Gasteiger partial charge in [-0.05, 0) is 36.4 Å². The molecule has 2 aromatic carbocycles. The van der Waals surface area contributed by atoms with E-state index in [0.717, 1.165) is 11.3 Å². The summed E-state index contributed by atoms with van der Waals surface area (Å²) in [4.78, 5) is 2.07. The van der Waals surface area contributed by atoms with E-state index in [4.69, 9.17) is 0 Å². The van der Waals surface area contributed by atoms with E-state index in [9.17, 15) is 12.8 Å². The van der Waals surface area contributed by atoms with Gasteiger partial charge >= 0.3 is 0 Å². The number of hydrogen-bond donors (Lipinski definition) is 0. The molecule has 1 aliphatic rings. The van der Waals surface area contributed by atoms with Gasteiger partial charge in [0.15, 0.2) is 0 Å². The van der Waals surface area contributed by atoms with Gasteiger partial charge in [0.1, 0.15) is 5.82 Å². The first-order chi connectivity index (χ1) is 12.5. The van der Waals surface area contributed by atoms with Crippen LogP contribution in [-0.2, 0) is 10.0 Å². The minimum Gasteiger partial charge on any atom is -0.369 e. The topological polar surface area (TPSA) is 40.6 Å². The predicted octanol–water partition coefficient (Wildman–Crippen LogP) is 2.72. The zero-order valence-electron chi connectivity index (χ0n) is 14.4. The van der Waals surface area contributed by atoms with Gasteiger partial charge in [0, 0.05) is 43.9 Å². The molecule has 3 rings (SSSR count). The first-order valence-corrected chi connectivity index (χ1v) is 10.2. The summed E-state index contributed by atoms with van der Waals surface area (Å²) in [6.07, 6.45) is 0.315. The van der Waals surface area contributed by atoms with Gasteiger partial charge in [-0.25, -0.2) is 12.8 Å². The molecule has 0 atom stereocenters. The normalized spacial score (nSPS) is 15.3. The Morgan fingerprint density at radius 1 is 0.923 bits per heavy atom. The van der Waals surface area contributed by atoms with Crippen LogP contribution in [0.1, 0.15) is 12.0 Å². The maximum atomic E-state index is 13.0. The average Bonchev–Trinajstić information content (AvgIpc) is 2.67. The minimum absolute atomic E-state index is 0.0311. The van der Waals surface area contributed by atoms with Crippen LogP contribution in [0.2, 0.25) is 0 Å². The van der Waals surface area contributed by atoms with Crippen molar-refractivity contribution in [3.05, 3.63) is 66.0 Å². The third-order valence-electron chi connectivity index (χ3n) is 4.32. The number of halogens is 1. The SMILES string of the molecule is O=S(=O)(CCC#Cc1ccccc1)N1CCN(c2ccc(F)cc2)CC1. The Kier molecular flexibility index (Phi) is 5.92. The van der Waals surface area contributed by atoms with Crippen molar-refractivity contribution >= 4 is 15.7 Å². The van der Waals surface area contributed by atoms with Gasteiger partial charge in [-0.1, -0.05) is 30.0 Å². The highest BCUT2D eigenvalue weighted by molar-refractivity contribution is 7.89. The summed E-state index contributed by atoms with van der Waals surface area (Å²) in [7, 11) is -3.31. The van der Waals surface area contributed by atoms with Gasteiger partial charge in [0.25, 0.3) is 0 Å². The van der Waals surface area contributed by atoms with Crippen LogP contribution in [0.5, 0.6) is 0 Å². The lowest BCUT2D eigenvalue weighted by Gasteiger charge is -2.35. The van der Waals surface area contributed by atoms with Crippen LogP contribution >= 0.6 is 0 Å². The van der Waals surface area contributed by atoms with Crippen LogP contribution in [-0.4, -0.2) is 44.7 Å². The molecule has 1 fully saturated rings. The van der Waals surface area contributed by atoms with E-state index in [0.29, 0.717) is 32.6 Å². The molecule has 6 heteroatoms. The largest absolute Gasteiger partial charge is 0.369 e. The van der Waals surface area contributed by atoms with Crippen molar-refractivity contribution < 1.29 is 12.8 Å². The van der Waals surface area contributed by atoms with Crippen LogP contribution in [0.25, 0.3) is 0 Å². The number of nitrogens with zero attached hydrogens (tertiary/aromatic N) is 2. The number of benzene rings is 2. The molecule has 1 aliphatic heterocycles. The third-order valence-corrected chi connectivity index (χ3v) is 6.19. The molecule has 1 heterocycles. The molecule has 0 radical (unpaired) electrons. The molecule has 1 saturated heterocycles. The second-order valence-electron chi connectivity index (χ2n) is 6.10. The van der Waals surface area contributed by atoms with E-state index < -0.39 is 10.0 Å². The smallest absolute Gasteiger partial charge is 0.215 e. The summed E-state index contributed by atoms with van der Waals surface area (Å²) < 4.78 is 39.5. The highest BCUT2D eigenvalue weighted by Gasteiger charge is 2.26. The van der Waals surface area contributed by atoms with Crippen molar-refractivity contribution in [1.29, 1.82) is 0 Å². The van der Waals surface area contributed by atoms with Crippen LogP contribution in [0.3, 0.4) is 0 Å². The molecule has 4 nitrogen and oxygen atoms in total. The fourth-order valence-electron chi connectivity index (χ4n) is 2.87. The Labute approximate surface area is 154 Å². The van der Waals surface area contributed by atoms with E-state index >= 15 is 0 Å². The summed E-state index contributed by atoms with van der Waals surface area (Å²) in [6, 6.07) is 15.8. The molecule has 0 aromatic heterocycles. The van der Waals surface area contributed by atoms with Gasteiger partial charge < -0.3 is 4.90 Å². The molecule has 2 aromatic rings. The Morgan fingerprint density at radius 3 is 2.23 bits per heavy atom. The Hall–Kier alpha value is -2.36. The van der Waals surface area contributed by atoms with Gasteiger partial charge in [-0.3, -0.25) is 0 Å². The predicted molar refractivity (Wildman–Crippen MR) is 102 cm³/mol. The van der Waals surface area contributed by atoms with Crippen LogP contribution in [0, 0.1) is 17.7 Å². The van der Waals surface area contributed by atoms with Crippen LogP contribution in [0.4, 0.5) is 10.1 Å². The van der Waals surface area contributed by atoms with Gasteiger partial charge in [0.2, 0.25) is 10.0 Å². The monoisotopic (exact) mass is 372 g/mol.